The van der Waals surface area contributed by atoms with Crippen molar-refractivity contribution < 1.29 is 14.3 Å². The number of hydrogen-bond donors (Lipinski definition) is 0. The highest BCUT2D eigenvalue weighted by Crippen LogP contribution is 2.57. The molecule has 0 aliphatic carbocycles. The van der Waals surface area contributed by atoms with E-state index in [1.54, 1.807) is 0 Å². The lowest BCUT2D eigenvalue weighted by Gasteiger charge is -2.55. The van der Waals surface area contributed by atoms with Gasteiger partial charge in [-0.2, -0.15) is 0 Å². The first kappa shape index (κ1) is 18.2. The smallest absolute Gasteiger partial charge is 0.205 e. The lowest BCUT2D eigenvalue weighted by molar-refractivity contribution is -0.249. The maximum absolute atomic E-state index is 13.7. The number of hydrogen-bond acceptors (Lipinski definition) is 3. The fraction of sp³-hybridized carbons (Fsp3) is 0.458. The molecule has 4 atom stereocenters. The molecular weight excluding hydrogens is 336 g/mol. The number of rotatable bonds is 3. The van der Waals surface area contributed by atoms with E-state index >= 15 is 0 Å². The zero-order valence-electron chi connectivity index (χ0n) is 16.7. The molecule has 2 aromatic carbocycles. The number of fused-ring (bicyclic) bond motifs is 4. The third-order valence-electron chi connectivity index (χ3n) is 6.15. The predicted octanol–water partition coefficient (Wildman–Crippen LogP) is 5.38. The van der Waals surface area contributed by atoms with Crippen molar-refractivity contribution in [2.45, 2.75) is 52.9 Å². The van der Waals surface area contributed by atoms with Gasteiger partial charge >= 0.3 is 0 Å². The Morgan fingerprint density at radius 2 is 1.81 bits per heavy atom. The fourth-order valence-corrected chi connectivity index (χ4v) is 4.80. The average Bonchev–Trinajstić information content (AvgIpc) is 2.60. The lowest BCUT2D eigenvalue weighted by Crippen LogP contribution is -2.59. The van der Waals surface area contributed by atoms with E-state index in [-0.39, 0.29) is 41.3 Å². The van der Waals surface area contributed by atoms with Crippen molar-refractivity contribution in [1.29, 1.82) is 0 Å². The number of para-hydroxylation sites is 1. The highest BCUT2D eigenvalue weighted by Gasteiger charge is 2.58. The van der Waals surface area contributed by atoms with E-state index in [0.717, 1.165) is 22.4 Å². The standard InChI is InChI=1S/C24H28O3/c1-14(2)22-19(21(25)16-10-8-9-15(3)13-16)20-17-11-6-7-12-18(17)26-23(27-22)24(20,4)5/h6-14,19-20,22-23H,1-5H3/t19-,20-,22-,23+/m0/s1. The molecule has 3 heteroatoms. The van der Waals surface area contributed by atoms with Crippen LogP contribution in [0.25, 0.3) is 0 Å². The molecule has 27 heavy (non-hydrogen) atoms. The Hall–Kier alpha value is -2.13. The monoisotopic (exact) mass is 364 g/mol. The van der Waals surface area contributed by atoms with Gasteiger partial charge in [0.05, 0.1) is 12.0 Å². The second-order valence-electron chi connectivity index (χ2n) is 8.89. The van der Waals surface area contributed by atoms with Crippen LogP contribution in [-0.4, -0.2) is 18.2 Å². The molecule has 0 unspecified atom stereocenters. The van der Waals surface area contributed by atoms with Crippen molar-refractivity contribution in [2.75, 3.05) is 0 Å². The fourth-order valence-electron chi connectivity index (χ4n) is 4.80. The summed E-state index contributed by atoms with van der Waals surface area (Å²) in [5.41, 5.74) is 2.71. The Bertz CT molecular complexity index is 867. The molecule has 1 saturated heterocycles. The summed E-state index contributed by atoms with van der Waals surface area (Å²) in [6.45, 7) is 10.6. The first-order chi connectivity index (χ1) is 12.8. The Balaban J connectivity index is 1.87. The van der Waals surface area contributed by atoms with Gasteiger partial charge in [-0.15, -0.1) is 0 Å². The van der Waals surface area contributed by atoms with Crippen LogP contribution in [-0.2, 0) is 4.74 Å². The van der Waals surface area contributed by atoms with Gasteiger partial charge < -0.3 is 9.47 Å². The molecule has 2 heterocycles. The molecule has 142 valence electrons. The second-order valence-corrected chi connectivity index (χ2v) is 8.89. The molecule has 3 nitrogen and oxygen atoms in total. The number of benzene rings is 2. The molecular formula is C24H28O3. The minimum atomic E-state index is -0.341. The number of ether oxygens (including phenoxy) is 2. The Labute approximate surface area is 161 Å². The van der Waals surface area contributed by atoms with Gasteiger partial charge in [-0.1, -0.05) is 69.7 Å². The number of carbonyl (C=O) groups excluding carboxylic acids is 1. The van der Waals surface area contributed by atoms with Gasteiger partial charge in [-0.05, 0) is 30.5 Å². The summed E-state index contributed by atoms with van der Waals surface area (Å²) in [7, 11) is 0. The molecule has 1 fully saturated rings. The quantitative estimate of drug-likeness (QED) is 0.686. The summed E-state index contributed by atoms with van der Waals surface area (Å²) in [4.78, 5) is 13.7. The van der Waals surface area contributed by atoms with Crippen LogP contribution in [0.15, 0.2) is 48.5 Å². The Kier molecular flexibility index (Phi) is 4.38. The Morgan fingerprint density at radius 1 is 1.07 bits per heavy atom. The summed E-state index contributed by atoms with van der Waals surface area (Å²) in [6, 6.07) is 16.0. The molecule has 2 aromatic rings. The normalized spacial score (nSPS) is 28.4. The van der Waals surface area contributed by atoms with Crippen LogP contribution in [0, 0.1) is 24.2 Å². The van der Waals surface area contributed by atoms with Crippen LogP contribution in [0.5, 0.6) is 5.75 Å². The van der Waals surface area contributed by atoms with Gasteiger partial charge in [-0.3, -0.25) is 4.79 Å². The second kappa shape index (κ2) is 6.49. The highest BCUT2D eigenvalue weighted by molar-refractivity contribution is 5.99. The number of aryl methyl sites for hydroxylation is 1. The van der Waals surface area contributed by atoms with Gasteiger partial charge in [0.2, 0.25) is 6.29 Å². The molecule has 2 aliphatic rings. The molecule has 0 spiro atoms. The van der Waals surface area contributed by atoms with Gasteiger partial charge in [0.15, 0.2) is 5.78 Å². The van der Waals surface area contributed by atoms with Crippen LogP contribution in [0.2, 0.25) is 0 Å². The van der Waals surface area contributed by atoms with E-state index in [9.17, 15) is 4.79 Å². The van der Waals surface area contributed by atoms with E-state index in [1.165, 1.54) is 0 Å². The number of ketones is 1. The molecule has 0 N–H and O–H groups in total. The minimum Gasteiger partial charge on any atom is -0.464 e. The van der Waals surface area contributed by atoms with Gasteiger partial charge in [-0.25, -0.2) is 0 Å². The minimum absolute atomic E-state index is 0.0570. The molecule has 0 aromatic heterocycles. The summed E-state index contributed by atoms with van der Waals surface area (Å²) in [5, 5.41) is 0. The van der Waals surface area contributed by atoms with Gasteiger partial charge in [0.1, 0.15) is 5.75 Å². The lowest BCUT2D eigenvalue weighted by atomic mass is 9.60. The number of carbonyl (C=O) groups is 1. The molecule has 2 bridgehead atoms. The molecule has 2 aliphatic heterocycles. The van der Waals surface area contributed by atoms with E-state index in [4.69, 9.17) is 9.47 Å². The van der Waals surface area contributed by atoms with Crippen LogP contribution in [0.1, 0.15) is 55.1 Å². The van der Waals surface area contributed by atoms with Crippen molar-refractivity contribution in [1.82, 2.24) is 0 Å². The van der Waals surface area contributed by atoms with Crippen LogP contribution >= 0.6 is 0 Å². The van der Waals surface area contributed by atoms with E-state index < -0.39 is 0 Å². The molecule has 0 amide bonds. The summed E-state index contributed by atoms with van der Waals surface area (Å²) in [5.74, 6) is 1.06. The van der Waals surface area contributed by atoms with Crippen molar-refractivity contribution in [2.24, 2.45) is 17.3 Å². The van der Waals surface area contributed by atoms with Crippen molar-refractivity contribution in [3.8, 4) is 5.75 Å². The van der Waals surface area contributed by atoms with Crippen LogP contribution in [0.4, 0.5) is 0 Å². The van der Waals surface area contributed by atoms with Gasteiger partial charge in [0, 0.05) is 16.9 Å². The van der Waals surface area contributed by atoms with Gasteiger partial charge in [0.25, 0.3) is 0 Å². The van der Waals surface area contributed by atoms with E-state index in [1.807, 2.05) is 49.4 Å². The zero-order chi connectivity index (χ0) is 19.3. The van der Waals surface area contributed by atoms with Crippen molar-refractivity contribution >= 4 is 5.78 Å². The predicted molar refractivity (Wildman–Crippen MR) is 106 cm³/mol. The number of Topliss-reactive ketones (excluding diaryl/α,β-unsaturated/α-hetero) is 1. The average molecular weight is 364 g/mol. The molecule has 4 rings (SSSR count). The van der Waals surface area contributed by atoms with E-state index in [0.29, 0.717) is 0 Å². The van der Waals surface area contributed by atoms with Crippen molar-refractivity contribution in [3.63, 3.8) is 0 Å². The highest BCUT2D eigenvalue weighted by atomic mass is 16.7. The third kappa shape index (κ3) is 2.89. The summed E-state index contributed by atoms with van der Waals surface area (Å²) in [6.07, 6.45) is -0.513. The largest absolute Gasteiger partial charge is 0.464 e. The Morgan fingerprint density at radius 3 is 2.52 bits per heavy atom. The summed E-state index contributed by atoms with van der Waals surface area (Å²) < 4.78 is 12.7. The first-order valence-corrected chi connectivity index (χ1v) is 9.82. The van der Waals surface area contributed by atoms with Crippen molar-refractivity contribution in [3.05, 3.63) is 65.2 Å². The zero-order valence-corrected chi connectivity index (χ0v) is 16.7. The summed E-state index contributed by atoms with van der Waals surface area (Å²) >= 11 is 0. The maximum atomic E-state index is 13.7. The third-order valence-corrected chi connectivity index (χ3v) is 6.15. The van der Waals surface area contributed by atoms with E-state index in [2.05, 4.69) is 33.8 Å². The maximum Gasteiger partial charge on any atom is 0.205 e. The molecule has 0 radical (unpaired) electrons. The van der Waals surface area contributed by atoms with Crippen LogP contribution < -0.4 is 4.74 Å². The topological polar surface area (TPSA) is 35.5 Å². The molecule has 0 saturated carbocycles. The first-order valence-electron chi connectivity index (χ1n) is 9.82. The SMILES string of the molecule is Cc1cccc(C(=O)[C@H]2[C@H](C(C)C)O[C@H]3Oc4ccccc4[C@@H]2C3(C)C)c1. The van der Waals surface area contributed by atoms with Crippen LogP contribution in [0.3, 0.4) is 0 Å².